The van der Waals surface area contributed by atoms with Crippen molar-refractivity contribution in [1.29, 1.82) is 5.41 Å². The summed E-state index contributed by atoms with van der Waals surface area (Å²) in [5, 5.41) is 26.9. The monoisotopic (exact) mass is 292 g/mol. The predicted octanol–water partition coefficient (Wildman–Crippen LogP) is -0.476. The summed E-state index contributed by atoms with van der Waals surface area (Å²) < 4.78 is 5.32. The highest BCUT2D eigenvalue weighted by Gasteiger charge is 2.37. The molecule has 8 heteroatoms. The first-order chi connectivity index (χ1) is 8.60. The largest absolute Gasteiger partial charge is 0.390 e. The lowest BCUT2D eigenvalue weighted by Gasteiger charge is -2.25. The summed E-state index contributed by atoms with van der Waals surface area (Å²) in [5.74, 6) is -1.36. The number of alkyl halides is 1. The lowest BCUT2D eigenvalue weighted by Crippen LogP contribution is -2.36. The van der Waals surface area contributed by atoms with Gasteiger partial charge in [0, 0.05) is 0 Å². The molecule has 0 amide bonds. The Labute approximate surface area is 117 Å². The third kappa shape index (κ3) is 5.04. The molecule has 1 aliphatic carbocycles. The van der Waals surface area contributed by atoms with Crippen LogP contribution in [0.25, 0.3) is 0 Å². The third-order valence-corrected chi connectivity index (χ3v) is 2.98. The van der Waals surface area contributed by atoms with Crippen LogP contribution < -0.4 is 11.5 Å². The van der Waals surface area contributed by atoms with E-state index < -0.39 is 23.5 Å². The minimum absolute atomic E-state index is 0.0383. The van der Waals surface area contributed by atoms with E-state index in [2.05, 4.69) is 4.99 Å². The Bertz CT molecular complexity index is 367. The van der Waals surface area contributed by atoms with Gasteiger partial charge in [-0.25, -0.2) is 0 Å². The summed E-state index contributed by atoms with van der Waals surface area (Å²) in [6, 6.07) is -0.280. The van der Waals surface area contributed by atoms with E-state index in [0.29, 0.717) is 12.8 Å². The summed E-state index contributed by atoms with van der Waals surface area (Å²) in [7, 11) is 0. The van der Waals surface area contributed by atoms with Crippen molar-refractivity contribution in [3.05, 3.63) is 0 Å². The lowest BCUT2D eigenvalue weighted by atomic mass is 10.2. The van der Waals surface area contributed by atoms with Crippen molar-refractivity contribution in [1.82, 2.24) is 0 Å². The molecule has 4 atom stereocenters. The minimum atomic E-state index is -1.32. The molecule has 19 heavy (non-hydrogen) atoms. The van der Waals surface area contributed by atoms with Gasteiger partial charge >= 0.3 is 0 Å². The molecule has 0 heterocycles. The molecule has 1 fully saturated rings. The molecule has 0 saturated heterocycles. The number of nitrogens with two attached hydrogens (primary N) is 2. The predicted molar refractivity (Wildman–Crippen MR) is 73.4 cm³/mol. The first kappa shape index (κ1) is 16.3. The van der Waals surface area contributed by atoms with Crippen LogP contribution in [0.3, 0.4) is 0 Å². The van der Waals surface area contributed by atoms with Crippen LogP contribution in [0.2, 0.25) is 0 Å². The first-order valence-electron chi connectivity index (χ1n) is 6.00. The van der Waals surface area contributed by atoms with Gasteiger partial charge in [0.15, 0.2) is 5.79 Å². The maximum absolute atomic E-state index is 9.83. The average molecular weight is 293 g/mol. The minimum Gasteiger partial charge on any atom is -0.390 e. The van der Waals surface area contributed by atoms with E-state index in [9.17, 15) is 10.2 Å². The fraction of sp³-hybridized carbons (Fsp3) is 0.818. The molecular formula is C11H21ClN4O3. The number of ether oxygens (including phenoxy) is 1. The molecule has 110 valence electrons. The SMILES string of the molecule is CC(C)(O)OC1CC(N=C(N)C(=N)C(N)Cl)CC1O. The fourth-order valence-electron chi connectivity index (χ4n) is 1.96. The second-order valence-corrected chi connectivity index (χ2v) is 5.60. The Kier molecular flexibility index (Phi) is 5.28. The summed E-state index contributed by atoms with van der Waals surface area (Å²) in [6.07, 6.45) is -0.477. The maximum Gasteiger partial charge on any atom is 0.160 e. The highest BCUT2D eigenvalue weighted by Crippen LogP contribution is 2.28. The van der Waals surface area contributed by atoms with Gasteiger partial charge < -0.3 is 26.4 Å². The van der Waals surface area contributed by atoms with Crippen LogP contribution in [0.1, 0.15) is 26.7 Å². The number of aliphatic hydroxyl groups excluding tert-OH is 1. The molecule has 7 N–H and O–H groups in total. The Morgan fingerprint density at radius 2 is 2.11 bits per heavy atom. The number of hydrogen-bond donors (Lipinski definition) is 5. The zero-order chi connectivity index (χ0) is 14.8. The molecule has 1 aliphatic rings. The van der Waals surface area contributed by atoms with E-state index in [1.165, 1.54) is 13.8 Å². The molecule has 0 bridgehead atoms. The van der Waals surface area contributed by atoms with Gasteiger partial charge in [-0.15, -0.1) is 0 Å². The second-order valence-electron chi connectivity index (χ2n) is 5.13. The zero-order valence-electron chi connectivity index (χ0n) is 11.0. The van der Waals surface area contributed by atoms with Gasteiger partial charge in [-0.1, -0.05) is 11.6 Å². The summed E-state index contributed by atoms with van der Waals surface area (Å²) in [6.45, 7) is 2.99. The van der Waals surface area contributed by atoms with Gasteiger partial charge in [0.05, 0.1) is 18.2 Å². The molecule has 0 spiro atoms. The van der Waals surface area contributed by atoms with Crippen LogP contribution in [-0.2, 0) is 4.74 Å². The second kappa shape index (κ2) is 6.15. The normalized spacial score (nSPS) is 30.4. The smallest absolute Gasteiger partial charge is 0.160 e. The number of rotatable bonds is 5. The van der Waals surface area contributed by atoms with Gasteiger partial charge in [-0.3, -0.25) is 10.4 Å². The van der Waals surface area contributed by atoms with Gasteiger partial charge in [0.2, 0.25) is 0 Å². The van der Waals surface area contributed by atoms with Gasteiger partial charge in [-0.05, 0) is 26.7 Å². The number of halogens is 1. The van der Waals surface area contributed by atoms with Crippen molar-refractivity contribution in [2.45, 2.75) is 56.2 Å². The summed E-state index contributed by atoms with van der Waals surface area (Å²) in [5.41, 5.74) is 9.78. The maximum atomic E-state index is 9.83. The van der Waals surface area contributed by atoms with Crippen LogP contribution in [0, 0.1) is 5.41 Å². The van der Waals surface area contributed by atoms with E-state index in [1.54, 1.807) is 0 Å². The van der Waals surface area contributed by atoms with Crippen molar-refractivity contribution >= 4 is 23.1 Å². The molecule has 4 unspecified atom stereocenters. The molecular weight excluding hydrogens is 272 g/mol. The van der Waals surface area contributed by atoms with E-state index in [1.807, 2.05) is 0 Å². The Morgan fingerprint density at radius 1 is 1.53 bits per heavy atom. The van der Waals surface area contributed by atoms with Crippen molar-refractivity contribution in [3.63, 3.8) is 0 Å². The molecule has 0 radical (unpaired) electrons. The lowest BCUT2D eigenvalue weighted by molar-refractivity contribution is -0.219. The molecule has 0 aromatic carbocycles. The van der Waals surface area contributed by atoms with Crippen molar-refractivity contribution in [3.8, 4) is 0 Å². The number of nitrogens with one attached hydrogen (secondary N) is 1. The number of amidine groups is 1. The standard InChI is InChI=1S/C11H21ClN4O3/c1-11(2,18)19-7-4-5(3-6(7)17)16-10(15)8(13)9(12)14/h5-7,9,13,17-18H,3-4,14H2,1-2H3,(H2,15,16). The van der Waals surface area contributed by atoms with E-state index in [4.69, 9.17) is 33.2 Å². The molecule has 0 aromatic rings. The zero-order valence-corrected chi connectivity index (χ0v) is 11.8. The molecule has 7 nitrogen and oxygen atoms in total. The highest BCUT2D eigenvalue weighted by molar-refractivity contribution is 6.50. The molecule has 0 aromatic heterocycles. The van der Waals surface area contributed by atoms with Crippen molar-refractivity contribution in [2.24, 2.45) is 16.5 Å². The van der Waals surface area contributed by atoms with Gasteiger partial charge in [0.1, 0.15) is 17.0 Å². The number of hydrogen-bond acceptors (Lipinski definition) is 6. The fourth-order valence-corrected chi connectivity index (χ4v) is 2.07. The van der Waals surface area contributed by atoms with Crippen LogP contribution in [0.4, 0.5) is 0 Å². The van der Waals surface area contributed by atoms with Crippen LogP contribution >= 0.6 is 11.6 Å². The molecule has 1 saturated carbocycles. The van der Waals surface area contributed by atoms with Crippen molar-refractivity contribution < 1.29 is 14.9 Å². The Morgan fingerprint density at radius 3 is 2.58 bits per heavy atom. The number of aliphatic hydroxyl groups is 2. The third-order valence-electron chi connectivity index (χ3n) is 2.76. The Balaban J connectivity index is 2.64. The first-order valence-corrected chi connectivity index (χ1v) is 6.44. The number of aliphatic imine (C=N–C) groups is 1. The van der Waals surface area contributed by atoms with E-state index >= 15 is 0 Å². The molecule has 0 aliphatic heterocycles. The average Bonchev–Trinajstić information content (AvgIpc) is 2.55. The van der Waals surface area contributed by atoms with Gasteiger partial charge in [0.25, 0.3) is 0 Å². The van der Waals surface area contributed by atoms with Gasteiger partial charge in [-0.2, -0.15) is 0 Å². The molecule has 1 rings (SSSR count). The van der Waals surface area contributed by atoms with Crippen LogP contribution in [-0.4, -0.2) is 51.3 Å². The van der Waals surface area contributed by atoms with E-state index in [0.717, 1.165) is 0 Å². The number of nitrogens with zero attached hydrogens (tertiary/aromatic N) is 1. The quantitative estimate of drug-likeness (QED) is 0.153. The highest BCUT2D eigenvalue weighted by atomic mass is 35.5. The summed E-state index contributed by atoms with van der Waals surface area (Å²) in [4.78, 5) is 4.11. The Hall–Kier alpha value is -0.730. The van der Waals surface area contributed by atoms with E-state index in [-0.39, 0.29) is 17.6 Å². The van der Waals surface area contributed by atoms with Crippen LogP contribution in [0.5, 0.6) is 0 Å². The van der Waals surface area contributed by atoms with Crippen molar-refractivity contribution in [2.75, 3.05) is 0 Å². The van der Waals surface area contributed by atoms with Crippen LogP contribution in [0.15, 0.2) is 4.99 Å². The summed E-state index contributed by atoms with van der Waals surface area (Å²) >= 11 is 5.54. The topological polar surface area (TPSA) is 138 Å².